The number of aliphatic hydroxyl groups excluding tert-OH is 1. The third kappa shape index (κ3) is 3.90. The zero-order valence-electron chi connectivity index (χ0n) is 18.2. The molecule has 0 radical (unpaired) electrons. The highest BCUT2D eigenvalue weighted by molar-refractivity contribution is 5.93. The van der Waals surface area contributed by atoms with Gasteiger partial charge in [-0.3, -0.25) is 4.79 Å². The lowest BCUT2D eigenvalue weighted by atomic mass is 10.1. The molecule has 0 amide bonds. The zero-order chi connectivity index (χ0) is 22.3. The molecule has 3 N–H and O–H groups in total. The average Bonchev–Trinajstić information content (AvgIpc) is 2.63. The van der Waals surface area contributed by atoms with Crippen LogP contribution in [0, 0.1) is 12.7 Å². The summed E-state index contributed by atoms with van der Waals surface area (Å²) in [4.78, 5) is 21.3. The van der Waals surface area contributed by atoms with E-state index in [4.69, 9.17) is 4.11 Å². The summed E-state index contributed by atoms with van der Waals surface area (Å²) in [6.07, 6.45) is 2.28. The first-order valence-corrected chi connectivity index (χ1v) is 8.26. The number of anilines is 3. The van der Waals surface area contributed by atoms with E-state index in [0.717, 1.165) is 6.20 Å². The Bertz CT molecular complexity index is 1160. The molecule has 142 valence electrons. The Balaban J connectivity index is 2.19. The molecule has 3 heterocycles. The molecule has 0 aliphatic carbocycles. The van der Waals surface area contributed by atoms with Crippen LogP contribution in [0.2, 0.25) is 0 Å². The first-order valence-electron chi connectivity index (χ1n) is 9.76. The van der Waals surface area contributed by atoms with E-state index in [1.165, 1.54) is 18.3 Å². The number of rotatable bonds is 5. The van der Waals surface area contributed by atoms with Crippen molar-refractivity contribution in [1.29, 1.82) is 0 Å². The van der Waals surface area contributed by atoms with Gasteiger partial charge in [0.05, 0.1) is 23.7 Å². The highest BCUT2D eigenvalue weighted by atomic mass is 19.1. The summed E-state index contributed by atoms with van der Waals surface area (Å²) in [5, 5.41) is 16.1. The number of aryl methyl sites for hydroxylation is 2. The molecule has 0 unspecified atom stereocenters. The van der Waals surface area contributed by atoms with Gasteiger partial charge in [-0.25, -0.2) is 14.4 Å². The van der Waals surface area contributed by atoms with Crippen molar-refractivity contribution in [2.24, 2.45) is 6.98 Å². The normalized spacial score (nSPS) is 13.7. The highest BCUT2D eigenvalue weighted by Gasteiger charge is 2.20. The number of pyridine rings is 3. The van der Waals surface area contributed by atoms with Crippen LogP contribution in [-0.4, -0.2) is 31.8 Å². The van der Waals surface area contributed by atoms with Crippen LogP contribution in [0.15, 0.2) is 35.4 Å². The first kappa shape index (κ1) is 15.1. The Morgan fingerprint density at radius 3 is 2.81 bits per heavy atom. The van der Waals surface area contributed by atoms with Gasteiger partial charge in [0.1, 0.15) is 23.3 Å². The molecular weight excluding hydrogens is 349 g/mol. The lowest BCUT2D eigenvalue weighted by molar-refractivity contribution is 0.234. The topological polar surface area (TPSA) is 92.1 Å². The molecule has 3 aromatic heterocycles. The molecular formula is C19H22FN5O2. The molecule has 0 saturated heterocycles. The Labute approximate surface area is 160 Å². The number of hydrogen-bond donors (Lipinski definition) is 3. The van der Waals surface area contributed by atoms with Crippen LogP contribution in [0.1, 0.15) is 23.5 Å². The van der Waals surface area contributed by atoms with E-state index < -0.39 is 23.9 Å². The van der Waals surface area contributed by atoms with Crippen molar-refractivity contribution in [3.63, 3.8) is 0 Å². The largest absolute Gasteiger partial charge is 0.394 e. The number of aromatic nitrogens is 3. The number of nitrogens with zero attached hydrogens (tertiary/aromatic N) is 3. The van der Waals surface area contributed by atoms with Crippen molar-refractivity contribution >= 4 is 28.2 Å². The Morgan fingerprint density at radius 1 is 1.37 bits per heavy atom. The van der Waals surface area contributed by atoms with Crippen molar-refractivity contribution in [2.75, 3.05) is 17.2 Å². The maximum atomic E-state index is 13.5. The smallest absolute Gasteiger partial charge is 0.261 e. The minimum atomic E-state index is -2.65. The van der Waals surface area contributed by atoms with E-state index in [-0.39, 0.29) is 17.8 Å². The van der Waals surface area contributed by atoms with Crippen LogP contribution in [0.5, 0.6) is 0 Å². The molecule has 0 saturated carbocycles. The van der Waals surface area contributed by atoms with Crippen molar-refractivity contribution in [2.45, 2.75) is 26.3 Å². The summed E-state index contributed by atoms with van der Waals surface area (Å²) in [6, 6.07) is 4.58. The molecule has 8 heteroatoms. The SMILES string of the molecule is [2H]C([2H])([2H])n1ccc2cc(Nc3cc(C)c(F)cn3)nc(NC(C)(C)CO)c2c1=O. The van der Waals surface area contributed by atoms with E-state index in [2.05, 4.69) is 20.6 Å². The summed E-state index contributed by atoms with van der Waals surface area (Å²) >= 11 is 0. The third-order valence-electron chi connectivity index (χ3n) is 4.04. The second-order valence-electron chi connectivity index (χ2n) is 6.92. The molecule has 27 heavy (non-hydrogen) atoms. The molecule has 0 bridgehead atoms. The van der Waals surface area contributed by atoms with Gasteiger partial charge in [-0.1, -0.05) is 0 Å². The van der Waals surface area contributed by atoms with Crippen molar-refractivity contribution in [3.05, 3.63) is 52.3 Å². The van der Waals surface area contributed by atoms with Gasteiger partial charge in [-0.05, 0) is 49.9 Å². The van der Waals surface area contributed by atoms with Crippen LogP contribution in [0.4, 0.5) is 21.8 Å². The number of nitrogens with one attached hydrogen (secondary N) is 2. The minimum absolute atomic E-state index is 0.0731. The van der Waals surface area contributed by atoms with Crippen molar-refractivity contribution in [3.8, 4) is 0 Å². The Kier molecular flexibility index (Phi) is 3.89. The molecule has 0 fully saturated rings. The number of fused-ring (bicyclic) bond motifs is 1. The van der Waals surface area contributed by atoms with Crippen molar-refractivity contribution < 1.29 is 13.6 Å². The lowest BCUT2D eigenvalue weighted by Crippen LogP contribution is -2.36. The van der Waals surface area contributed by atoms with Crippen LogP contribution < -0.4 is 16.2 Å². The number of halogens is 1. The summed E-state index contributed by atoms with van der Waals surface area (Å²) in [5.74, 6) is 0.327. The lowest BCUT2D eigenvalue weighted by Gasteiger charge is -2.25. The van der Waals surface area contributed by atoms with Gasteiger partial charge in [-0.15, -0.1) is 0 Å². The predicted molar refractivity (Wildman–Crippen MR) is 104 cm³/mol. The van der Waals surface area contributed by atoms with Gasteiger partial charge in [0, 0.05) is 17.3 Å². The fourth-order valence-electron chi connectivity index (χ4n) is 2.52. The van der Waals surface area contributed by atoms with E-state index in [1.54, 1.807) is 26.8 Å². The molecule has 0 atom stereocenters. The maximum Gasteiger partial charge on any atom is 0.261 e. The second-order valence-corrected chi connectivity index (χ2v) is 6.92. The fourth-order valence-corrected chi connectivity index (χ4v) is 2.52. The molecule has 0 aromatic carbocycles. The summed E-state index contributed by atoms with van der Waals surface area (Å²) in [6.45, 7) is 2.10. The fraction of sp³-hybridized carbons (Fsp3) is 0.316. The number of aliphatic hydroxyl groups is 1. The summed E-state index contributed by atoms with van der Waals surface area (Å²) in [5.41, 5.74) is -1.18. The van der Waals surface area contributed by atoms with E-state index >= 15 is 0 Å². The quantitative estimate of drug-likeness (QED) is 0.636. The molecule has 0 aliphatic heterocycles. The number of hydrogen-bond acceptors (Lipinski definition) is 6. The van der Waals surface area contributed by atoms with Gasteiger partial charge in [-0.2, -0.15) is 0 Å². The van der Waals surface area contributed by atoms with Crippen LogP contribution in [0.3, 0.4) is 0 Å². The maximum absolute atomic E-state index is 13.5. The van der Waals surface area contributed by atoms with Crippen LogP contribution >= 0.6 is 0 Å². The van der Waals surface area contributed by atoms with Crippen molar-refractivity contribution in [1.82, 2.24) is 14.5 Å². The summed E-state index contributed by atoms with van der Waals surface area (Å²) in [7, 11) is 0. The minimum Gasteiger partial charge on any atom is -0.394 e. The van der Waals surface area contributed by atoms with E-state index in [1.807, 2.05) is 0 Å². The molecule has 3 aromatic rings. The summed E-state index contributed by atoms with van der Waals surface area (Å²) < 4.78 is 36.9. The zero-order valence-corrected chi connectivity index (χ0v) is 15.2. The second kappa shape index (κ2) is 6.96. The van der Waals surface area contributed by atoms with Gasteiger partial charge >= 0.3 is 0 Å². The van der Waals surface area contributed by atoms with Crippen LogP contribution in [-0.2, 0) is 6.98 Å². The third-order valence-corrected chi connectivity index (χ3v) is 4.04. The molecule has 3 rings (SSSR count). The highest BCUT2D eigenvalue weighted by Crippen LogP contribution is 2.26. The molecule has 0 spiro atoms. The van der Waals surface area contributed by atoms with Gasteiger partial charge < -0.3 is 20.3 Å². The van der Waals surface area contributed by atoms with Gasteiger partial charge in [0.2, 0.25) is 0 Å². The predicted octanol–water partition coefficient (Wildman–Crippen LogP) is 2.70. The van der Waals surface area contributed by atoms with E-state index in [9.17, 15) is 14.3 Å². The van der Waals surface area contributed by atoms with Crippen LogP contribution in [0.25, 0.3) is 10.8 Å². The Morgan fingerprint density at radius 2 is 2.15 bits per heavy atom. The molecule has 0 aliphatic rings. The van der Waals surface area contributed by atoms with Gasteiger partial charge in [0.25, 0.3) is 5.56 Å². The van der Waals surface area contributed by atoms with Gasteiger partial charge in [0.15, 0.2) is 0 Å². The first-order chi connectivity index (χ1) is 13.9. The Hall–Kier alpha value is -3.00. The monoisotopic (exact) mass is 374 g/mol. The van der Waals surface area contributed by atoms with E-state index in [0.29, 0.717) is 27.2 Å². The average molecular weight is 374 g/mol. The standard InChI is InChI=1S/C19H22FN5O2/c1-11-7-14(21-9-13(11)20)22-15-8-12-5-6-25(4)18(27)16(12)17(23-15)24-19(2,3)10-26/h5-9,26H,10H2,1-4H3,(H2,21,22,23,24)/i4D3. The molecule has 7 nitrogen and oxygen atoms in total.